The van der Waals surface area contributed by atoms with Crippen molar-refractivity contribution in [2.45, 2.75) is 22.8 Å². The van der Waals surface area contributed by atoms with Crippen LogP contribution in [-0.4, -0.2) is 27.1 Å². The molecule has 1 amide bonds. The van der Waals surface area contributed by atoms with E-state index in [4.69, 9.17) is 0 Å². The fourth-order valence-electron chi connectivity index (χ4n) is 3.06. The van der Waals surface area contributed by atoms with Crippen molar-refractivity contribution in [3.8, 4) is 0 Å². The molecule has 1 atom stereocenters. The molecule has 0 aliphatic heterocycles. The summed E-state index contributed by atoms with van der Waals surface area (Å²) in [5, 5.41) is 2.81. The Kier molecular flexibility index (Phi) is 7.35. The maximum Gasteiger partial charge on any atom is 0.264 e. The monoisotopic (exact) mass is 458 g/mol. The van der Waals surface area contributed by atoms with Crippen LogP contribution in [-0.2, 0) is 14.8 Å². The fraction of sp³-hybridized carbons (Fsp3) is 0.174. The van der Waals surface area contributed by atoms with Gasteiger partial charge in [0.1, 0.15) is 12.4 Å². The zero-order valence-electron chi connectivity index (χ0n) is 17.2. The van der Waals surface area contributed by atoms with E-state index in [0.29, 0.717) is 0 Å². The summed E-state index contributed by atoms with van der Waals surface area (Å²) in [5.74, 6) is -1.08. The Bertz CT molecular complexity index is 1140. The van der Waals surface area contributed by atoms with Crippen LogP contribution < -0.4 is 9.62 Å². The number of halogens is 1. The van der Waals surface area contributed by atoms with E-state index in [9.17, 15) is 17.6 Å². The summed E-state index contributed by atoms with van der Waals surface area (Å²) < 4.78 is 41.5. The first-order chi connectivity index (χ1) is 14.8. The van der Waals surface area contributed by atoms with E-state index in [1.165, 1.54) is 42.1 Å². The van der Waals surface area contributed by atoms with Gasteiger partial charge in [0.25, 0.3) is 10.0 Å². The highest BCUT2D eigenvalue weighted by atomic mass is 32.2. The molecule has 8 heteroatoms. The van der Waals surface area contributed by atoms with Gasteiger partial charge in [0.15, 0.2) is 0 Å². The lowest BCUT2D eigenvalue weighted by Crippen LogP contribution is -2.41. The molecule has 0 aliphatic carbocycles. The summed E-state index contributed by atoms with van der Waals surface area (Å²) in [7, 11) is -4.09. The number of hydrogen-bond acceptors (Lipinski definition) is 4. The molecule has 5 nitrogen and oxygen atoms in total. The zero-order chi connectivity index (χ0) is 22.4. The van der Waals surface area contributed by atoms with Gasteiger partial charge in [-0.15, -0.1) is 11.8 Å². The number of amides is 1. The number of nitrogens with one attached hydrogen (secondary N) is 1. The molecule has 0 bridgehead atoms. The summed E-state index contributed by atoms with van der Waals surface area (Å²) >= 11 is 1.49. The lowest BCUT2D eigenvalue weighted by molar-refractivity contribution is -0.120. The molecule has 3 rings (SSSR count). The van der Waals surface area contributed by atoms with Gasteiger partial charge in [0, 0.05) is 4.90 Å². The highest BCUT2D eigenvalue weighted by Gasteiger charge is 2.28. The normalized spacial score (nSPS) is 12.2. The summed E-state index contributed by atoms with van der Waals surface area (Å²) in [6.45, 7) is 1.34. The number of carbonyl (C=O) groups is 1. The molecular formula is C23H23FN2O3S2. The van der Waals surface area contributed by atoms with Crippen molar-refractivity contribution in [1.82, 2.24) is 5.32 Å². The maximum atomic E-state index is 13.9. The number of anilines is 1. The molecule has 0 saturated heterocycles. The molecule has 0 aromatic heterocycles. The van der Waals surface area contributed by atoms with Crippen LogP contribution in [0, 0.1) is 5.82 Å². The molecule has 1 N–H and O–H groups in total. The molecule has 0 heterocycles. The number of hydrogen-bond donors (Lipinski definition) is 1. The minimum Gasteiger partial charge on any atom is -0.348 e. The van der Waals surface area contributed by atoms with Gasteiger partial charge < -0.3 is 5.32 Å². The third kappa shape index (κ3) is 5.65. The zero-order valence-corrected chi connectivity index (χ0v) is 18.8. The van der Waals surface area contributed by atoms with E-state index in [1.54, 1.807) is 12.1 Å². The van der Waals surface area contributed by atoms with Gasteiger partial charge in [-0.05, 0) is 61.2 Å². The van der Waals surface area contributed by atoms with Crippen LogP contribution in [0.5, 0.6) is 0 Å². The van der Waals surface area contributed by atoms with Crippen LogP contribution in [0.25, 0.3) is 0 Å². The van der Waals surface area contributed by atoms with E-state index in [-0.39, 0.29) is 16.6 Å². The van der Waals surface area contributed by atoms with E-state index >= 15 is 0 Å². The topological polar surface area (TPSA) is 66.5 Å². The lowest BCUT2D eigenvalue weighted by atomic mass is 10.1. The Morgan fingerprint density at radius 2 is 1.71 bits per heavy atom. The highest BCUT2D eigenvalue weighted by Crippen LogP contribution is 2.26. The van der Waals surface area contributed by atoms with Gasteiger partial charge in [0.2, 0.25) is 5.91 Å². The van der Waals surface area contributed by atoms with Crippen LogP contribution in [0.2, 0.25) is 0 Å². The Morgan fingerprint density at radius 3 is 2.32 bits per heavy atom. The van der Waals surface area contributed by atoms with Crippen molar-refractivity contribution in [3.63, 3.8) is 0 Å². The molecule has 0 radical (unpaired) electrons. The average Bonchev–Trinajstić information content (AvgIpc) is 2.78. The van der Waals surface area contributed by atoms with Crippen LogP contribution in [0.4, 0.5) is 10.1 Å². The number of carbonyl (C=O) groups excluding carboxylic acids is 1. The standard InChI is InChI=1S/C23H23FN2O3S2/c1-17(18-7-4-3-5-8-18)25-23(27)16-26(20-10-6-9-19(24)15-20)31(28,29)22-13-11-21(30-2)12-14-22/h3-15,17H,16H2,1-2H3,(H,25,27). The van der Waals surface area contributed by atoms with Gasteiger partial charge in [0.05, 0.1) is 16.6 Å². The van der Waals surface area contributed by atoms with Gasteiger partial charge in [-0.2, -0.15) is 0 Å². The van der Waals surface area contributed by atoms with Crippen LogP contribution in [0.3, 0.4) is 0 Å². The molecule has 1 unspecified atom stereocenters. The largest absolute Gasteiger partial charge is 0.348 e. The SMILES string of the molecule is CSc1ccc(S(=O)(=O)N(CC(=O)NC(C)c2ccccc2)c2cccc(F)c2)cc1. The lowest BCUT2D eigenvalue weighted by Gasteiger charge is -2.25. The molecule has 162 valence electrons. The Labute approximate surface area is 186 Å². The summed E-state index contributed by atoms with van der Waals surface area (Å²) in [6.07, 6.45) is 1.89. The number of rotatable bonds is 8. The molecule has 0 aliphatic rings. The summed E-state index contributed by atoms with van der Waals surface area (Å²) in [4.78, 5) is 13.7. The first kappa shape index (κ1) is 22.8. The van der Waals surface area contributed by atoms with Crippen molar-refractivity contribution in [3.05, 3.63) is 90.2 Å². The van der Waals surface area contributed by atoms with E-state index in [1.807, 2.05) is 43.5 Å². The van der Waals surface area contributed by atoms with Crippen molar-refractivity contribution >= 4 is 33.4 Å². The third-order valence-corrected chi connectivity index (χ3v) is 7.24. The highest BCUT2D eigenvalue weighted by molar-refractivity contribution is 7.98. The van der Waals surface area contributed by atoms with Gasteiger partial charge in [-0.3, -0.25) is 9.10 Å². The number of sulfonamides is 1. The smallest absolute Gasteiger partial charge is 0.264 e. The predicted octanol–water partition coefficient (Wildman–Crippen LogP) is 4.62. The molecule has 0 spiro atoms. The Balaban J connectivity index is 1.90. The molecule has 0 saturated carbocycles. The van der Waals surface area contributed by atoms with Crippen LogP contribution in [0.15, 0.2) is 88.7 Å². The maximum absolute atomic E-state index is 13.9. The molecular weight excluding hydrogens is 435 g/mol. The second-order valence-electron chi connectivity index (χ2n) is 6.87. The second kappa shape index (κ2) is 9.98. The third-order valence-electron chi connectivity index (χ3n) is 4.71. The predicted molar refractivity (Wildman–Crippen MR) is 122 cm³/mol. The first-order valence-electron chi connectivity index (χ1n) is 9.58. The second-order valence-corrected chi connectivity index (χ2v) is 9.61. The fourth-order valence-corrected chi connectivity index (χ4v) is 4.88. The molecule has 31 heavy (non-hydrogen) atoms. The minimum atomic E-state index is -4.09. The van der Waals surface area contributed by atoms with E-state index in [2.05, 4.69) is 5.32 Å². The summed E-state index contributed by atoms with van der Waals surface area (Å²) in [5.41, 5.74) is 0.972. The van der Waals surface area contributed by atoms with Crippen LogP contribution in [0.1, 0.15) is 18.5 Å². The molecule has 3 aromatic rings. The van der Waals surface area contributed by atoms with Crippen molar-refractivity contribution < 1.29 is 17.6 Å². The van der Waals surface area contributed by atoms with E-state index in [0.717, 1.165) is 20.8 Å². The molecule has 0 fully saturated rings. The minimum absolute atomic E-state index is 0.0264. The van der Waals surface area contributed by atoms with Crippen molar-refractivity contribution in [2.24, 2.45) is 0 Å². The molecule has 3 aromatic carbocycles. The average molecular weight is 459 g/mol. The van der Waals surface area contributed by atoms with Gasteiger partial charge in [-0.1, -0.05) is 36.4 Å². The number of benzene rings is 3. The first-order valence-corrected chi connectivity index (χ1v) is 12.2. The van der Waals surface area contributed by atoms with Gasteiger partial charge in [-0.25, -0.2) is 12.8 Å². The number of thioether (sulfide) groups is 1. The van der Waals surface area contributed by atoms with Gasteiger partial charge >= 0.3 is 0 Å². The summed E-state index contributed by atoms with van der Waals surface area (Å²) in [6, 6.07) is 20.6. The van der Waals surface area contributed by atoms with E-state index < -0.39 is 28.3 Å². The quantitative estimate of drug-likeness (QED) is 0.500. The Morgan fingerprint density at radius 1 is 1.03 bits per heavy atom. The van der Waals surface area contributed by atoms with Crippen LogP contribution >= 0.6 is 11.8 Å². The van der Waals surface area contributed by atoms with Crippen molar-refractivity contribution in [2.75, 3.05) is 17.1 Å². The van der Waals surface area contributed by atoms with Crippen molar-refractivity contribution in [1.29, 1.82) is 0 Å². The number of nitrogens with zero attached hydrogens (tertiary/aromatic N) is 1. The Hall–Kier alpha value is -2.84.